The summed E-state index contributed by atoms with van der Waals surface area (Å²) >= 11 is 0. The van der Waals surface area contributed by atoms with Crippen LogP contribution in [0.4, 0.5) is 5.69 Å². The van der Waals surface area contributed by atoms with E-state index in [1.165, 1.54) is 0 Å². The molecule has 0 saturated heterocycles. The summed E-state index contributed by atoms with van der Waals surface area (Å²) in [6, 6.07) is 7.11. The fourth-order valence-corrected chi connectivity index (χ4v) is 2.64. The van der Waals surface area contributed by atoms with Crippen LogP contribution in [0.5, 0.6) is 0 Å². The first kappa shape index (κ1) is 16.5. The molecule has 1 amide bonds. The first-order valence-corrected chi connectivity index (χ1v) is 8.36. The molecule has 112 valence electrons. The summed E-state index contributed by atoms with van der Waals surface area (Å²) in [7, 11) is -3.50. The molecule has 1 aromatic rings. The van der Waals surface area contributed by atoms with Crippen molar-refractivity contribution in [2.45, 2.75) is 20.8 Å². The van der Waals surface area contributed by atoms with Crippen molar-refractivity contribution in [1.29, 1.82) is 0 Å². The Morgan fingerprint density at radius 2 is 1.90 bits per heavy atom. The van der Waals surface area contributed by atoms with E-state index in [9.17, 15) is 13.2 Å². The summed E-state index contributed by atoms with van der Waals surface area (Å²) in [5.41, 5.74) is 1.35. The van der Waals surface area contributed by atoms with Crippen LogP contribution in [-0.4, -0.2) is 33.7 Å². The Balaban J connectivity index is 2.93. The maximum absolute atomic E-state index is 11.9. The lowest BCUT2D eigenvalue weighted by Gasteiger charge is -2.23. The minimum Gasteiger partial charge on any atom is -0.354 e. The number of benzene rings is 1. The number of rotatable bonds is 6. The smallest absolute Gasteiger partial charge is 0.240 e. The van der Waals surface area contributed by atoms with E-state index in [1.807, 2.05) is 32.9 Å². The summed E-state index contributed by atoms with van der Waals surface area (Å²) in [6.07, 6.45) is 1.11. The number of hydrogen-bond acceptors (Lipinski definition) is 3. The summed E-state index contributed by atoms with van der Waals surface area (Å²) in [5.74, 6) is 0.0245. The molecule has 5 nitrogen and oxygen atoms in total. The lowest BCUT2D eigenvalue weighted by atomic mass is 10.2. The van der Waals surface area contributed by atoms with Crippen LogP contribution in [0.25, 0.3) is 0 Å². The minimum absolute atomic E-state index is 0.198. The molecule has 20 heavy (non-hydrogen) atoms. The van der Waals surface area contributed by atoms with Gasteiger partial charge in [0.1, 0.15) is 6.54 Å². The van der Waals surface area contributed by atoms with Crippen LogP contribution in [0.2, 0.25) is 0 Å². The average molecular weight is 298 g/mol. The van der Waals surface area contributed by atoms with E-state index in [4.69, 9.17) is 0 Å². The average Bonchev–Trinajstić information content (AvgIpc) is 2.33. The molecule has 6 heteroatoms. The number of anilines is 1. The van der Waals surface area contributed by atoms with Crippen molar-refractivity contribution in [3.63, 3.8) is 0 Å². The van der Waals surface area contributed by atoms with Crippen molar-refractivity contribution in [3.8, 4) is 0 Å². The molecule has 0 unspecified atom stereocenters. The van der Waals surface area contributed by atoms with Gasteiger partial charge in [-0.1, -0.05) is 32.0 Å². The molecule has 0 aliphatic carbocycles. The van der Waals surface area contributed by atoms with Crippen LogP contribution in [0.3, 0.4) is 0 Å². The van der Waals surface area contributed by atoms with E-state index in [-0.39, 0.29) is 12.5 Å². The highest BCUT2D eigenvalue weighted by Crippen LogP contribution is 2.21. The Morgan fingerprint density at radius 1 is 1.30 bits per heavy atom. The Hall–Kier alpha value is -1.56. The number of nitrogens with one attached hydrogen (secondary N) is 1. The lowest BCUT2D eigenvalue weighted by molar-refractivity contribution is -0.119. The fourth-order valence-electron chi connectivity index (χ4n) is 1.73. The molecule has 1 N–H and O–H groups in total. The van der Waals surface area contributed by atoms with Crippen LogP contribution in [0.1, 0.15) is 19.4 Å². The second kappa shape index (κ2) is 6.74. The maximum Gasteiger partial charge on any atom is 0.240 e. The summed E-state index contributed by atoms with van der Waals surface area (Å²) < 4.78 is 24.9. The number of sulfonamides is 1. The number of amides is 1. The van der Waals surface area contributed by atoms with Gasteiger partial charge in [0.25, 0.3) is 0 Å². The third-order valence-electron chi connectivity index (χ3n) is 2.78. The lowest BCUT2D eigenvalue weighted by Crippen LogP contribution is -2.41. The number of hydrogen-bond donors (Lipinski definition) is 1. The van der Waals surface area contributed by atoms with Crippen LogP contribution in [0, 0.1) is 12.8 Å². The number of nitrogens with zero attached hydrogens (tertiary/aromatic N) is 1. The van der Waals surface area contributed by atoms with Gasteiger partial charge in [-0.05, 0) is 24.5 Å². The van der Waals surface area contributed by atoms with Crippen LogP contribution in [-0.2, 0) is 14.8 Å². The van der Waals surface area contributed by atoms with E-state index in [1.54, 1.807) is 12.1 Å². The molecule has 0 fully saturated rings. The number of aryl methyl sites for hydroxylation is 1. The molecular weight excluding hydrogens is 276 g/mol. The quantitative estimate of drug-likeness (QED) is 0.866. The van der Waals surface area contributed by atoms with Gasteiger partial charge in [0, 0.05) is 6.54 Å². The van der Waals surface area contributed by atoms with E-state index in [0.29, 0.717) is 18.2 Å². The first-order chi connectivity index (χ1) is 9.21. The molecule has 0 aliphatic heterocycles. The predicted octanol–water partition coefficient (Wildman–Crippen LogP) is 1.53. The van der Waals surface area contributed by atoms with Gasteiger partial charge in [-0.3, -0.25) is 9.10 Å². The molecule has 0 aromatic heterocycles. The standard InChI is InChI=1S/C14H22N2O3S/c1-11(2)9-15-14(17)10-16(20(4,18)19)13-8-6-5-7-12(13)3/h5-8,11H,9-10H2,1-4H3,(H,15,17). The molecule has 1 rings (SSSR count). The Kier molecular flexibility index (Phi) is 5.56. The first-order valence-electron chi connectivity index (χ1n) is 6.52. The molecule has 0 aliphatic rings. The van der Waals surface area contributed by atoms with Gasteiger partial charge < -0.3 is 5.32 Å². The highest BCUT2D eigenvalue weighted by molar-refractivity contribution is 7.92. The van der Waals surface area contributed by atoms with Gasteiger partial charge in [0.2, 0.25) is 15.9 Å². The van der Waals surface area contributed by atoms with Crippen molar-refractivity contribution in [2.75, 3.05) is 23.7 Å². The van der Waals surface area contributed by atoms with E-state index in [2.05, 4.69) is 5.32 Å². The molecule has 1 aromatic carbocycles. The zero-order chi connectivity index (χ0) is 15.3. The molecule has 0 bridgehead atoms. The SMILES string of the molecule is Cc1ccccc1N(CC(=O)NCC(C)C)S(C)(=O)=O. The van der Waals surface area contributed by atoms with E-state index in [0.717, 1.165) is 16.1 Å². The highest BCUT2D eigenvalue weighted by atomic mass is 32.2. The highest BCUT2D eigenvalue weighted by Gasteiger charge is 2.21. The zero-order valence-corrected chi connectivity index (χ0v) is 13.2. The number of carbonyl (C=O) groups excluding carboxylic acids is 1. The van der Waals surface area contributed by atoms with Crippen molar-refractivity contribution in [3.05, 3.63) is 29.8 Å². The maximum atomic E-state index is 11.9. The summed E-state index contributed by atoms with van der Waals surface area (Å²) in [5, 5.41) is 2.73. The van der Waals surface area contributed by atoms with Gasteiger partial charge in [0.15, 0.2) is 0 Å². The monoisotopic (exact) mass is 298 g/mol. The summed E-state index contributed by atoms with van der Waals surface area (Å²) in [6.45, 7) is 6.12. The van der Waals surface area contributed by atoms with Crippen molar-refractivity contribution in [2.24, 2.45) is 5.92 Å². The van der Waals surface area contributed by atoms with Gasteiger partial charge in [-0.25, -0.2) is 8.42 Å². The second-order valence-electron chi connectivity index (χ2n) is 5.25. The van der Waals surface area contributed by atoms with Crippen molar-refractivity contribution < 1.29 is 13.2 Å². The van der Waals surface area contributed by atoms with Crippen molar-refractivity contribution in [1.82, 2.24) is 5.32 Å². The van der Waals surface area contributed by atoms with E-state index < -0.39 is 10.0 Å². The largest absolute Gasteiger partial charge is 0.354 e. The fraction of sp³-hybridized carbons (Fsp3) is 0.500. The third kappa shape index (κ3) is 4.85. The third-order valence-corrected chi connectivity index (χ3v) is 3.91. The van der Waals surface area contributed by atoms with Gasteiger partial charge >= 0.3 is 0 Å². The van der Waals surface area contributed by atoms with Crippen molar-refractivity contribution >= 4 is 21.6 Å². The number of para-hydroxylation sites is 1. The zero-order valence-electron chi connectivity index (χ0n) is 12.4. The summed E-state index contributed by atoms with van der Waals surface area (Å²) in [4.78, 5) is 11.9. The normalized spacial score (nSPS) is 11.4. The molecule has 0 heterocycles. The Morgan fingerprint density at radius 3 is 2.40 bits per heavy atom. The molecule has 0 saturated carbocycles. The Labute approximate surface area is 121 Å². The van der Waals surface area contributed by atoms with Gasteiger partial charge in [-0.2, -0.15) is 0 Å². The molecule has 0 radical (unpaired) electrons. The predicted molar refractivity (Wildman–Crippen MR) is 81.2 cm³/mol. The van der Waals surface area contributed by atoms with Crippen LogP contribution in [0.15, 0.2) is 24.3 Å². The van der Waals surface area contributed by atoms with Crippen LogP contribution < -0.4 is 9.62 Å². The molecule has 0 atom stereocenters. The second-order valence-corrected chi connectivity index (χ2v) is 7.16. The van der Waals surface area contributed by atoms with E-state index >= 15 is 0 Å². The number of carbonyl (C=O) groups is 1. The van der Waals surface area contributed by atoms with Gasteiger partial charge in [0.05, 0.1) is 11.9 Å². The molecular formula is C14H22N2O3S. The Bertz CT molecular complexity index is 568. The molecule has 0 spiro atoms. The minimum atomic E-state index is -3.50. The topological polar surface area (TPSA) is 66.5 Å². The van der Waals surface area contributed by atoms with Gasteiger partial charge in [-0.15, -0.1) is 0 Å². The van der Waals surface area contributed by atoms with Crippen LogP contribution >= 0.6 is 0 Å².